The van der Waals surface area contributed by atoms with Crippen LogP contribution < -0.4 is 5.32 Å². The molecule has 258 valence electrons. The highest BCUT2D eigenvalue weighted by molar-refractivity contribution is 7.99. The fourth-order valence-electron chi connectivity index (χ4n) is 5.85. The number of unbranched alkanes of at least 4 members (excludes halogenated alkanes) is 2. The summed E-state index contributed by atoms with van der Waals surface area (Å²) in [5, 5.41) is 21.9. The Kier molecular flexibility index (Phi) is 12.1. The first-order valence-electron chi connectivity index (χ1n) is 16.8. The number of amides is 1. The maximum Gasteiger partial charge on any atom is 0.303 e. The normalized spacial score (nSPS) is 17.3. The number of aromatic nitrogens is 1. The van der Waals surface area contributed by atoms with Crippen molar-refractivity contribution in [2.45, 2.75) is 68.9 Å². The lowest BCUT2D eigenvalue weighted by atomic mass is 10.0. The van der Waals surface area contributed by atoms with Crippen LogP contribution in [0.4, 0.5) is 5.69 Å². The summed E-state index contributed by atoms with van der Waals surface area (Å²) in [5.74, 6) is 0.323. The van der Waals surface area contributed by atoms with Crippen LogP contribution in [-0.4, -0.2) is 38.9 Å². The van der Waals surface area contributed by atoms with E-state index in [-0.39, 0.29) is 31.1 Å². The number of rotatable bonds is 15. The van der Waals surface area contributed by atoms with Gasteiger partial charge in [-0.05, 0) is 36.1 Å². The predicted molar refractivity (Wildman–Crippen MR) is 192 cm³/mol. The molecular formula is C40H40N2O7S. The molecule has 50 heavy (non-hydrogen) atoms. The molecular weight excluding hydrogens is 653 g/mol. The fourth-order valence-corrected chi connectivity index (χ4v) is 6.69. The summed E-state index contributed by atoms with van der Waals surface area (Å²) >= 11 is 1.49. The molecule has 1 saturated heterocycles. The van der Waals surface area contributed by atoms with Crippen molar-refractivity contribution in [3.05, 3.63) is 126 Å². The first kappa shape index (κ1) is 35.1. The molecule has 10 heteroatoms. The molecule has 5 aromatic rings. The molecule has 6 rings (SSSR count). The number of oxazole rings is 1. The fraction of sp³-hybridized carbons (Fsp3) is 0.275. The topological polar surface area (TPSA) is 131 Å². The Hall–Kier alpha value is -4.74. The third kappa shape index (κ3) is 9.48. The van der Waals surface area contributed by atoms with Crippen LogP contribution in [0.5, 0.6) is 0 Å². The molecule has 1 aliphatic heterocycles. The van der Waals surface area contributed by atoms with Crippen molar-refractivity contribution in [3.63, 3.8) is 0 Å². The van der Waals surface area contributed by atoms with E-state index in [0.717, 1.165) is 33.5 Å². The van der Waals surface area contributed by atoms with E-state index in [4.69, 9.17) is 24.0 Å². The maximum absolute atomic E-state index is 12.6. The molecule has 0 saturated carbocycles. The number of carbonyl (C=O) groups excluding carboxylic acids is 1. The summed E-state index contributed by atoms with van der Waals surface area (Å²) in [6.07, 6.45) is 1.66. The second kappa shape index (κ2) is 17.3. The monoisotopic (exact) mass is 692 g/mol. The van der Waals surface area contributed by atoms with Crippen LogP contribution in [0.3, 0.4) is 0 Å². The van der Waals surface area contributed by atoms with Crippen LogP contribution in [0.25, 0.3) is 22.6 Å². The molecule has 3 unspecified atom stereocenters. The molecule has 3 N–H and O–H groups in total. The van der Waals surface area contributed by atoms with Crippen LogP contribution >= 0.6 is 11.8 Å². The number of aliphatic carboxylic acids is 1. The molecule has 2 heterocycles. The van der Waals surface area contributed by atoms with E-state index in [0.29, 0.717) is 54.5 Å². The quantitative estimate of drug-likeness (QED) is 0.0728. The minimum Gasteiger partial charge on any atom is -0.481 e. The number of hydrogen-bond donors (Lipinski definition) is 3. The highest BCUT2D eigenvalue weighted by Gasteiger charge is 2.33. The first-order valence-corrected chi connectivity index (χ1v) is 17.8. The molecule has 0 spiro atoms. The van der Waals surface area contributed by atoms with Gasteiger partial charge in [-0.25, -0.2) is 4.98 Å². The lowest BCUT2D eigenvalue weighted by Crippen LogP contribution is -2.31. The van der Waals surface area contributed by atoms with Crippen molar-refractivity contribution >= 4 is 29.3 Å². The van der Waals surface area contributed by atoms with E-state index in [1.807, 2.05) is 109 Å². The Balaban J connectivity index is 1.18. The van der Waals surface area contributed by atoms with Crippen LogP contribution in [-0.2, 0) is 25.7 Å². The number of ether oxygens (including phenoxy) is 2. The number of nitrogens with one attached hydrogen (secondary N) is 1. The Bertz CT molecular complexity index is 1790. The minimum atomic E-state index is -0.823. The van der Waals surface area contributed by atoms with E-state index >= 15 is 0 Å². The van der Waals surface area contributed by atoms with Gasteiger partial charge in [0.15, 0.2) is 12.1 Å². The van der Waals surface area contributed by atoms with Crippen LogP contribution in [0.1, 0.15) is 67.6 Å². The van der Waals surface area contributed by atoms with E-state index in [1.54, 1.807) is 0 Å². The van der Waals surface area contributed by atoms with Gasteiger partial charge in [0.05, 0.1) is 18.8 Å². The van der Waals surface area contributed by atoms with Gasteiger partial charge in [0.25, 0.3) is 5.22 Å². The van der Waals surface area contributed by atoms with E-state index < -0.39 is 12.3 Å². The second-order valence-electron chi connectivity index (χ2n) is 12.2. The zero-order chi connectivity index (χ0) is 34.7. The molecule has 1 aliphatic rings. The van der Waals surface area contributed by atoms with Gasteiger partial charge in [0, 0.05) is 47.4 Å². The molecule has 1 aromatic heterocycles. The number of nitrogens with zero attached hydrogens (tertiary/aromatic N) is 1. The highest BCUT2D eigenvalue weighted by Crippen LogP contribution is 2.41. The lowest BCUT2D eigenvalue weighted by molar-refractivity contribution is -0.245. The number of aliphatic hydroxyl groups is 1. The van der Waals surface area contributed by atoms with Gasteiger partial charge in [-0.1, -0.05) is 115 Å². The summed E-state index contributed by atoms with van der Waals surface area (Å²) in [5.41, 5.74) is 5.91. The van der Waals surface area contributed by atoms with E-state index in [1.165, 1.54) is 11.8 Å². The van der Waals surface area contributed by atoms with Gasteiger partial charge in [-0.2, -0.15) is 0 Å². The molecule has 0 bridgehead atoms. The number of carbonyl (C=O) groups is 2. The molecule has 0 radical (unpaired) electrons. The predicted octanol–water partition coefficient (Wildman–Crippen LogP) is 8.81. The van der Waals surface area contributed by atoms with Gasteiger partial charge in [-0.15, -0.1) is 0 Å². The lowest BCUT2D eigenvalue weighted by Gasteiger charge is -2.36. The van der Waals surface area contributed by atoms with Crippen LogP contribution in [0.2, 0.25) is 0 Å². The Morgan fingerprint density at radius 3 is 2.24 bits per heavy atom. The van der Waals surface area contributed by atoms with Crippen molar-refractivity contribution in [2.75, 3.05) is 11.1 Å². The van der Waals surface area contributed by atoms with Crippen LogP contribution in [0.15, 0.2) is 119 Å². The number of benzene rings is 4. The van der Waals surface area contributed by atoms with Crippen LogP contribution in [0, 0.1) is 0 Å². The van der Waals surface area contributed by atoms with Crippen molar-refractivity contribution < 1.29 is 33.7 Å². The Morgan fingerprint density at radius 1 is 0.800 bits per heavy atom. The molecule has 3 atom stereocenters. The van der Waals surface area contributed by atoms with E-state index in [9.17, 15) is 14.7 Å². The number of aliphatic hydroxyl groups excluding tert-OH is 1. The number of thioether (sulfide) groups is 1. The van der Waals surface area contributed by atoms with Crippen molar-refractivity contribution in [3.8, 4) is 22.6 Å². The summed E-state index contributed by atoms with van der Waals surface area (Å²) in [4.78, 5) is 28.3. The van der Waals surface area contributed by atoms with E-state index in [2.05, 4.69) is 5.32 Å². The van der Waals surface area contributed by atoms with Gasteiger partial charge in [-0.3, -0.25) is 9.59 Å². The summed E-state index contributed by atoms with van der Waals surface area (Å²) in [6.45, 7) is -0.0380. The Labute approximate surface area is 295 Å². The Morgan fingerprint density at radius 2 is 1.52 bits per heavy atom. The van der Waals surface area contributed by atoms with Gasteiger partial charge < -0.3 is 29.4 Å². The standard InChI is InChI=1S/C40H40N2O7S/c43-25-27-19-21-28(22-20-27)34-24-33(26-50-40-42-37(29-11-4-1-5-12-29)38(49-40)30-13-6-2-7-14-30)47-39(48-34)31-15-10-16-32(23-31)41-35(44)17-8-3-9-18-36(45)46/h1-2,4-7,10-16,19-23,33-34,39,43H,3,8-9,17-18,24-26H2,(H,41,44)(H,45,46). The average molecular weight is 693 g/mol. The average Bonchev–Trinajstić information content (AvgIpc) is 3.59. The third-order valence-electron chi connectivity index (χ3n) is 8.44. The summed E-state index contributed by atoms with van der Waals surface area (Å²) in [6, 6.07) is 35.2. The van der Waals surface area contributed by atoms with Crippen molar-refractivity contribution in [1.82, 2.24) is 4.98 Å². The minimum absolute atomic E-state index is 0.0380. The third-order valence-corrected chi connectivity index (χ3v) is 9.40. The second-order valence-corrected chi connectivity index (χ2v) is 13.1. The van der Waals surface area contributed by atoms with Gasteiger partial charge >= 0.3 is 5.97 Å². The summed E-state index contributed by atoms with van der Waals surface area (Å²) in [7, 11) is 0. The highest BCUT2D eigenvalue weighted by atomic mass is 32.2. The summed E-state index contributed by atoms with van der Waals surface area (Å²) < 4.78 is 19.5. The van der Waals surface area contributed by atoms with Crippen molar-refractivity contribution in [1.29, 1.82) is 0 Å². The maximum atomic E-state index is 12.6. The zero-order valence-corrected chi connectivity index (χ0v) is 28.4. The number of anilines is 1. The van der Waals surface area contributed by atoms with Gasteiger partial charge in [0.2, 0.25) is 5.91 Å². The SMILES string of the molecule is O=C(O)CCCCCC(=O)Nc1cccc(C2OC(CSc3nc(-c4ccccc4)c(-c4ccccc4)o3)CC(c3ccc(CO)cc3)O2)c1. The first-order chi connectivity index (χ1) is 24.4. The molecule has 4 aromatic carbocycles. The smallest absolute Gasteiger partial charge is 0.303 e. The number of hydrogen-bond acceptors (Lipinski definition) is 8. The molecule has 1 fully saturated rings. The molecule has 9 nitrogen and oxygen atoms in total. The van der Waals surface area contributed by atoms with Crippen molar-refractivity contribution in [2.24, 2.45) is 0 Å². The number of carboxylic acids is 1. The molecule has 0 aliphatic carbocycles. The largest absolute Gasteiger partial charge is 0.481 e. The zero-order valence-electron chi connectivity index (χ0n) is 27.6. The number of carboxylic acid groups (broad SMARTS) is 1. The molecule has 1 amide bonds. The van der Waals surface area contributed by atoms with Gasteiger partial charge in [0.1, 0.15) is 5.69 Å².